The first kappa shape index (κ1) is 7.01. The maximum atomic E-state index is 11.7. The minimum atomic E-state index is -3.72. The van der Waals surface area contributed by atoms with Gasteiger partial charge in [-0.3, -0.25) is 0 Å². The summed E-state index contributed by atoms with van der Waals surface area (Å²) in [6.07, 6.45) is 1.10. The van der Waals surface area contributed by atoms with Gasteiger partial charge in [0.05, 0.1) is 13.4 Å². The molecule has 0 spiro atoms. The zero-order chi connectivity index (χ0) is 7.61. The maximum Gasteiger partial charge on any atom is 0.353 e. The second-order valence-corrected chi connectivity index (χ2v) is 1.63. The van der Waals surface area contributed by atoms with Crippen molar-refractivity contribution < 1.29 is 13.4 Å². The quantitative estimate of drug-likeness (QED) is 0.557. The van der Waals surface area contributed by atoms with Crippen LogP contribution in [0.3, 0.4) is 0 Å². The molecule has 2 nitrogen and oxygen atoms in total. The molecule has 1 aromatic rings. The lowest BCUT2D eigenvalue weighted by Gasteiger charge is -1.95. The minimum absolute atomic E-state index is 0.903. The summed E-state index contributed by atoms with van der Waals surface area (Å²) in [4.78, 5) is 3.10. The van der Waals surface area contributed by atoms with E-state index >= 15 is 0 Å². The average Bonchev–Trinajstić information content (AvgIpc) is 1.88. The van der Waals surface area contributed by atoms with Crippen LogP contribution >= 0.6 is 0 Å². The first-order valence-electron chi connectivity index (χ1n) is 2.50. The van der Waals surface area contributed by atoms with Gasteiger partial charge in [-0.25, -0.2) is 0 Å². The van der Waals surface area contributed by atoms with E-state index in [2.05, 4.69) is 4.98 Å². The lowest BCUT2D eigenvalue weighted by Crippen LogP contribution is -2.18. The van der Waals surface area contributed by atoms with E-state index in [-0.39, 0.29) is 0 Å². The maximum absolute atomic E-state index is 11.7. The van der Waals surface area contributed by atoms with E-state index in [0.29, 0.717) is 0 Å². The highest BCUT2D eigenvalue weighted by molar-refractivity contribution is 5.25. The summed E-state index contributed by atoms with van der Waals surface area (Å²) in [7, 11) is 0. The Morgan fingerprint density at radius 3 is 2.20 bits per heavy atom. The van der Waals surface area contributed by atoms with Crippen molar-refractivity contribution in [3.8, 4) is 0 Å². The summed E-state index contributed by atoms with van der Waals surface area (Å²) in [6.45, 7) is 0. The van der Waals surface area contributed by atoms with Crippen molar-refractivity contribution in [2.24, 2.45) is 0 Å². The Morgan fingerprint density at radius 2 is 1.90 bits per heavy atom. The Labute approximate surface area is 54.9 Å². The van der Waals surface area contributed by atoms with Crippen LogP contribution in [0.25, 0.3) is 0 Å². The van der Waals surface area contributed by atoms with Crippen molar-refractivity contribution in [3.05, 3.63) is 24.4 Å². The Balaban J connectivity index is 2.97. The number of pyridine rings is 1. The highest BCUT2D eigenvalue weighted by atomic mass is 19.6. The molecule has 0 saturated heterocycles. The summed E-state index contributed by atoms with van der Waals surface area (Å²) in [5, 5.41) is -3.72. The molecule has 0 bridgehead atoms. The summed E-state index contributed by atoms with van der Waals surface area (Å²) in [5.41, 5.74) is 0. The van der Waals surface area contributed by atoms with Crippen molar-refractivity contribution in [2.45, 2.75) is 0 Å². The van der Waals surface area contributed by atoms with Crippen LogP contribution in [0.4, 0.5) is 19.3 Å². The first-order valence-corrected chi connectivity index (χ1v) is 2.50. The van der Waals surface area contributed by atoms with Crippen LogP contribution in [0, 0.1) is 0 Å². The molecular weight excluding hydrogens is 145 g/mol. The fourth-order valence-corrected chi connectivity index (χ4v) is 0.504. The van der Waals surface area contributed by atoms with Gasteiger partial charge in [0.15, 0.2) is 0 Å². The number of quaternary nitrogens is 1. The fourth-order valence-electron chi connectivity index (χ4n) is 0.504. The molecule has 1 aromatic heterocycles. The van der Waals surface area contributed by atoms with Crippen LogP contribution in [0.15, 0.2) is 24.4 Å². The third-order valence-electron chi connectivity index (χ3n) is 0.909. The predicted octanol–water partition coefficient (Wildman–Crippen LogP) is 2.04. The molecule has 0 atom stereocenters. The average molecular weight is 149 g/mol. The van der Waals surface area contributed by atoms with Gasteiger partial charge in [0.1, 0.15) is 0 Å². The van der Waals surface area contributed by atoms with Crippen LogP contribution in [0.5, 0.6) is 0 Å². The number of hydrogen-bond acceptors (Lipinski definition) is 1. The van der Waals surface area contributed by atoms with Crippen molar-refractivity contribution in [3.63, 3.8) is 0 Å². The molecule has 0 N–H and O–H groups in total. The predicted molar refractivity (Wildman–Crippen MR) is 29.4 cm³/mol. The zero-order valence-corrected chi connectivity index (χ0v) is 4.84. The van der Waals surface area contributed by atoms with E-state index in [1.54, 1.807) is 0 Å². The fraction of sp³-hybridized carbons (Fsp3) is 0. The molecule has 0 radical (unpaired) electrons. The summed E-state index contributed by atoms with van der Waals surface area (Å²) in [6, 6.07) is 3.62. The van der Waals surface area contributed by atoms with Crippen LogP contribution < -0.4 is 5.15 Å². The van der Waals surface area contributed by atoms with Crippen LogP contribution in [0.1, 0.15) is 0 Å². The molecule has 5 heteroatoms. The lowest BCUT2D eigenvalue weighted by molar-refractivity contribution is -0.281. The van der Waals surface area contributed by atoms with E-state index < -0.39 is 11.0 Å². The molecular formula is C5H4F3N2+. The van der Waals surface area contributed by atoms with Gasteiger partial charge in [0.2, 0.25) is 0 Å². The van der Waals surface area contributed by atoms with E-state index in [4.69, 9.17) is 0 Å². The van der Waals surface area contributed by atoms with Gasteiger partial charge in [-0.2, -0.15) is 4.98 Å². The second kappa shape index (κ2) is 2.26. The van der Waals surface area contributed by atoms with E-state index in [0.717, 1.165) is 12.3 Å². The standard InChI is InChI=1S/C5H4F3N2/c6-10(7,8)5-3-1-2-4-9-5/h1-4H/q+1. The molecule has 0 aliphatic heterocycles. The van der Waals surface area contributed by atoms with E-state index in [9.17, 15) is 13.4 Å². The normalized spacial score (nSPS) is 11.5. The topological polar surface area (TPSA) is 12.9 Å². The zero-order valence-electron chi connectivity index (χ0n) is 4.84. The summed E-state index contributed by atoms with van der Waals surface area (Å²) >= 11 is 0. The Kier molecular flexibility index (Phi) is 1.58. The smallest absolute Gasteiger partial charge is 0.195 e. The molecule has 0 unspecified atom stereocenters. The Hall–Kier alpha value is -1.10. The van der Waals surface area contributed by atoms with Gasteiger partial charge in [0.25, 0.3) is 5.15 Å². The van der Waals surface area contributed by atoms with Crippen molar-refractivity contribution in [1.29, 1.82) is 0 Å². The number of nitrogens with zero attached hydrogens (tertiary/aromatic N) is 2. The van der Waals surface area contributed by atoms with Gasteiger partial charge in [-0.15, -0.1) is 0 Å². The molecule has 1 heterocycles. The minimum Gasteiger partial charge on any atom is -0.195 e. The van der Waals surface area contributed by atoms with Crippen molar-refractivity contribution in [2.75, 3.05) is 0 Å². The van der Waals surface area contributed by atoms with E-state index in [1.165, 1.54) is 12.1 Å². The Bertz CT molecular complexity index is 206. The highest BCUT2D eigenvalue weighted by Gasteiger charge is 2.36. The number of aromatic nitrogens is 1. The first-order chi connectivity index (χ1) is 4.61. The Morgan fingerprint density at radius 1 is 1.20 bits per heavy atom. The summed E-state index contributed by atoms with van der Waals surface area (Å²) < 4.78 is 35.0. The van der Waals surface area contributed by atoms with Gasteiger partial charge in [-0.05, 0) is 6.07 Å². The molecule has 0 aliphatic rings. The SMILES string of the molecule is F[N+](F)(F)c1ccccn1. The van der Waals surface area contributed by atoms with Crippen molar-refractivity contribution >= 4 is 5.82 Å². The van der Waals surface area contributed by atoms with Crippen LogP contribution in [0.2, 0.25) is 0 Å². The largest absolute Gasteiger partial charge is 0.353 e. The lowest BCUT2D eigenvalue weighted by atomic mass is 10.5. The van der Waals surface area contributed by atoms with Gasteiger partial charge in [-0.1, -0.05) is 6.07 Å². The van der Waals surface area contributed by atoms with Crippen LogP contribution in [-0.4, -0.2) is 4.98 Å². The van der Waals surface area contributed by atoms with E-state index in [1.807, 2.05) is 0 Å². The molecule has 0 amide bonds. The number of hydrogen-bond donors (Lipinski definition) is 0. The molecule has 10 heavy (non-hydrogen) atoms. The van der Waals surface area contributed by atoms with Gasteiger partial charge < -0.3 is 0 Å². The molecule has 0 fully saturated rings. The molecule has 0 aromatic carbocycles. The van der Waals surface area contributed by atoms with Crippen LogP contribution in [-0.2, 0) is 0 Å². The number of halogens is 3. The van der Waals surface area contributed by atoms with Gasteiger partial charge in [0, 0.05) is 12.3 Å². The summed E-state index contributed by atoms with van der Waals surface area (Å²) in [5.74, 6) is -0.914. The second-order valence-electron chi connectivity index (χ2n) is 1.63. The monoisotopic (exact) mass is 149 g/mol. The highest BCUT2D eigenvalue weighted by Crippen LogP contribution is 2.21. The van der Waals surface area contributed by atoms with Crippen molar-refractivity contribution in [1.82, 2.24) is 10.1 Å². The number of rotatable bonds is 1. The molecule has 54 valence electrons. The molecule has 1 rings (SSSR count). The third kappa shape index (κ3) is 1.44. The molecule has 0 saturated carbocycles. The molecule has 0 aliphatic carbocycles. The third-order valence-corrected chi connectivity index (χ3v) is 0.909. The van der Waals surface area contributed by atoms with Gasteiger partial charge >= 0.3 is 5.82 Å².